The quantitative estimate of drug-likeness (QED) is 0.0841. The van der Waals surface area contributed by atoms with Gasteiger partial charge < -0.3 is 10.2 Å². The fraction of sp³-hybridized carbons (Fsp3) is 0.125. The Morgan fingerprint density at radius 1 is 0.706 bits per heavy atom. The van der Waals surface area contributed by atoms with Crippen molar-refractivity contribution < 1.29 is 40.6 Å². The van der Waals surface area contributed by atoms with Crippen molar-refractivity contribution in [2.45, 2.75) is 26.2 Å². The number of nitrogens with two attached hydrogens (primary N) is 1. The molecule has 4 aromatic carbocycles. The number of rotatable bonds is 3. The van der Waals surface area contributed by atoms with Crippen LogP contribution in [0, 0.1) is 34.1 Å². The van der Waals surface area contributed by atoms with Gasteiger partial charge in [0.25, 0.3) is 16.9 Å². The SMILES string of the molecule is Cc1nc2cccc([N+](=O)[O-])c2c(=O)n1-c1cccc(C(F)(F)F)c1.Cc1nc2cccc([N+](=O)[O-])c2c(=O)o1.Nc1cccc(C(F)(F)F)c1. The summed E-state index contributed by atoms with van der Waals surface area (Å²) in [6.45, 7) is 2.96. The van der Waals surface area contributed by atoms with E-state index >= 15 is 0 Å². The molecule has 2 heterocycles. The number of nitrogen functional groups attached to an aromatic ring is 1. The molecule has 51 heavy (non-hydrogen) atoms. The minimum absolute atomic E-state index is 0.0649. The third kappa shape index (κ3) is 8.50. The van der Waals surface area contributed by atoms with Crippen LogP contribution in [0.3, 0.4) is 0 Å². The van der Waals surface area contributed by atoms with E-state index < -0.39 is 50.2 Å². The molecule has 19 heteroatoms. The largest absolute Gasteiger partial charge is 0.416 e. The summed E-state index contributed by atoms with van der Waals surface area (Å²) in [7, 11) is 0. The number of nitro groups is 2. The molecule has 0 aliphatic heterocycles. The van der Waals surface area contributed by atoms with Crippen LogP contribution in [-0.2, 0) is 12.4 Å². The normalized spacial score (nSPS) is 11.3. The highest BCUT2D eigenvalue weighted by atomic mass is 19.4. The number of hydrogen-bond donors (Lipinski definition) is 1. The third-order valence-corrected chi connectivity index (χ3v) is 6.83. The first-order valence-electron chi connectivity index (χ1n) is 14.1. The smallest absolute Gasteiger partial charge is 0.408 e. The molecule has 0 saturated carbocycles. The molecule has 6 aromatic rings. The Bertz CT molecular complexity index is 2410. The molecule has 0 unspecified atom stereocenters. The number of nitro benzene ring substituents is 2. The van der Waals surface area contributed by atoms with Crippen LogP contribution in [0.5, 0.6) is 0 Å². The number of non-ortho nitro benzene ring substituents is 2. The molecule has 0 spiro atoms. The van der Waals surface area contributed by atoms with Crippen LogP contribution in [0.1, 0.15) is 22.8 Å². The van der Waals surface area contributed by atoms with Crippen molar-refractivity contribution in [2.75, 3.05) is 5.73 Å². The van der Waals surface area contributed by atoms with E-state index in [1.165, 1.54) is 62.4 Å². The van der Waals surface area contributed by atoms with Gasteiger partial charge in [0, 0.05) is 24.7 Å². The number of fused-ring (bicyclic) bond motifs is 2. The van der Waals surface area contributed by atoms with Gasteiger partial charge in [-0.15, -0.1) is 0 Å². The minimum atomic E-state index is -4.58. The van der Waals surface area contributed by atoms with Crippen LogP contribution < -0.4 is 16.9 Å². The molecule has 0 aliphatic carbocycles. The molecule has 2 aromatic heterocycles. The van der Waals surface area contributed by atoms with Crippen molar-refractivity contribution in [3.05, 3.63) is 149 Å². The standard InChI is InChI=1S/C16H10F3N3O3.C9H6N2O4.C7H6F3N/c1-9-20-12-6-3-7-13(22(24)25)14(12)15(23)21(9)11-5-2-4-10(8-11)16(17,18)19;1-5-10-6-3-2-4-7(11(13)14)8(6)9(12)15-5;8-7(9,10)5-2-1-3-6(11)4-5/h2-8H,1H3;2-4H,1H3;1-4H,11H2. The number of aryl methyl sites for hydroxylation is 2. The lowest BCUT2D eigenvalue weighted by Gasteiger charge is -2.13. The van der Waals surface area contributed by atoms with Gasteiger partial charge >= 0.3 is 18.0 Å². The molecule has 6 rings (SSSR count). The summed E-state index contributed by atoms with van der Waals surface area (Å²) in [5, 5.41) is 21.5. The fourth-order valence-electron chi connectivity index (χ4n) is 4.68. The summed E-state index contributed by atoms with van der Waals surface area (Å²) in [5.74, 6) is 0.310. The predicted octanol–water partition coefficient (Wildman–Crippen LogP) is 7.31. The number of nitrogens with zero attached hydrogens (tertiary/aromatic N) is 5. The summed E-state index contributed by atoms with van der Waals surface area (Å²) in [4.78, 5) is 52.7. The van der Waals surface area contributed by atoms with Crippen LogP contribution in [0.25, 0.3) is 27.5 Å². The molecule has 0 amide bonds. The second kappa shape index (κ2) is 14.4. The zero-order valence-corrected chi connectivity index (χ0v) is 26.0. The highest BCUT2D eigenvalue weighted by Crippen LogP contribution is 2.31. The number of benzene rings is 4. The molecular formula is C32H22F6N6O7. The van der Waals surface area contributed by atoms with Gasteiger partial charge in [-0.1, -0.05) is 24.3 Å². The highest BCUT2D eigenvalue weighted by molar-refractivity contribution is 5.87. The number of aromatic nitrogens is 3. The molecule has 0 saturated heterocycles. The molecule has 0 atom stereocenters. The lowest BCUT2D eigenvalue weighted by molar-refractivity contribution is -0.383. The molecular weight excluding hydrogens is 694 g/mol. The Labute approximate surface area is 280 Å². The van der Waals surface area contributed by atoms with Crippen LogP contribution >= 0.6 is 0 Å². The van der Waals surface area contributed by atoms with E-state index in [9.17, 15) is 56.2 Å². The van der Waals surface area contributed by atoms with E-state index in [0.717, 1.165) is 41.0 Å². The van der Waals surface area contributed by atoms with Crippen molar-refractivity contribution in [2.24, 2.45) is 0 Å². The zero-order chi connectivity index (χ0) is 37.8. The number of anilines is 1. The zero-order valence-electron chi connectivity index (χ0n) is 26.0. The lowest BCUT2D eigenvalue weighted by Crippen LogP contribution is -2.23. The van der Waals surface area contributed by atoms with Gasteiger partial charge in [0.15, 0.2) is 11.3 Å². The van der Waals surface area contributed by atoms with Crippen molar-refractivity contribution in [3.63, 3.8) is 0 Å². The van der Waals surface area contributed by atoms with E-state index in [0.29, 0.717) is 0 Å². The maximum Gasteiger partial charge on any atom is 0.416 e. The van der Waals surface area contributed by atoms with E-state index in [1.54, 1.807) is 0 Å². The van der Waals surface area contributed by atoms with Gasteiger partial charge in [-0.05, 0) is 55.5 Å². The monoisotopic (exact) mass is 716 g/mol. The highest BCUT2D eigenvalue weighted by Gasteiger charge is 2.31. The number of halogens is 6. The summed E-state index contributed by atoms with van der Waals surface area (Å²) in [6.07, 6.45) is -8.88. The summed E-state index contributed by atoms with van der Waals surface area (Å²) < 4.78 is 80.1. The first-order valence-corrected chi connectivity index (χ1v) is 14.1. The first kappa shape index (κ1) is 37.2. The fourth-order valence-corrected chi connectivity index (χ4v) is 4.68. The molecule has 13 nitrogen and oxygen atoms in total. The van der Waals surface area contributed by atoms with E-state index in [1.807, 2.05) is 0 Å². The van der Waals surface area contributed by atoms with Gasteiger partial charge in [0.05, 0.1) is 37.7 Å². The molecule has 0 bridgehead atoms. The Morgan fingerprint density at radius 2 is 1.20 bits per heavy atom. The molecule has 2 N–H and O–H groups in total. The van der Waals surface area contributed by atoms with Gasteiger partial charge in [-0.3, -0.25) is 29.6 Å². The van der Waals surface area contributed by atoms with Gasteiger partial charge in [0.1, 0.15) is 11.2 Å². The Kier molecular flexibility index (Phi) is 10.5. The average molecular weight is 717 g/mol. The number of hydrogen-bond acceptors (Lipinski definition) is 10. The Balaban J connectivity index is 0.000000190. The predicted molar refractivity (Wildman–Crippen MR) is 171 cm³/mol. The van der Waals surface area contributed by atoms with Gasteiger partial charge in [-0.2, -0.15) is 26.3 Å². The third-order valence-electron chi connectivity index (χ3n) is 6.83. The Hall–Kier alpha value is -6.66. The maximum absolute atomic E-state index is 12.9. The van der Waals surface area contributed by atoms with Crippen LogP contribution in [-0.4, -0.2) is 24.4 Å². The van der Waals surface area contributed by atoms with E-state index in [-0.39, 0.29) is 50.6 Å². The average Bonchev–Trinajstić information content (AvgIpc) is 3.04. The summed E-state index contributed by atoms with van der Waals surface area (Å²) >= 11 is 0. The van der Waals surface area contributed by atoms with E-state index in [4.69, 9.17) is 10.2 Å². The first-order chi connectivity index (χ1) is 23.8. The van der Waals surface area contributed by atoms with Crippen molar-refractivity contribution in [3.8, 4) is 5.69 Å². The molecule has 264 valence electrons. The van der Waals surface area contributed by atoms with Crippen LogP contribution in [0.4, 0.5) is 43.4 Å². The summed E-state index contributed by atoms with van der Waals surface area (Å²) in [5.41, 5.74) is 1.70. The van der Waals surface area contributed by atoms with E-state index in [2.05, 4.69) is 9.97 Å². The second-order valence-corrected chi connectivity index (χ2v) is 10.3. The van der Waals surface area contributed by atoms with Crippen LogP contribution in [0.15, 0.2) is 98.9 Å². The summed E-state index contributed by atoms with van der Waals surface area (Å²) in [6, 6.07) is 17.0. The van der Waals surface area contributed by atoms with Crippen molar-refractivity contribution >= 4 is 38.9 Å². The minimum Gasteiger partial charge on any atom is -0.408 e. The van der Waals surface area contributed by atoms with Gasteiger partial charge in [-0.25, -0.2) is 14.8 Å². The lowest BCUT2D eigenvalue weighted by atomic mass is 10.1. The van der Waals surface area contributed by atoms with Crippen molar-refractivity contribution in [1.82, 2.24) is 14.5 Å². The Morgan fingerprint density at radius 3 is 1.71 bits per heavy atom. The number of alkyl halides is 6. The molecule has 0 fully saturated rings. The second-order valence-electron chi connectivity index (χ2n) is 10.3. The van der Waals surface area contributed by atoms with Crippen LogP contribution in [0.2, 0.25) is 0 Å². The molecule has 0 aliphatic rings. The molecule has 0 radical (unpaired) electrons. The topological polar surface area (TPSA) is 190 Å². The van der Waals surface area contributed by atoms with Gasteiger partial charge in [0.2, 0.25) is 0 Å². The maximum atomic E-state index is 12.9. The van der Waals surface area contributed by atoms with Crippen molar-refractivity contribution in [1.29, 1.82) is 0 Å².